The minimum absolute atomic E-state index is 0.109. The predicted octanol–water partition coefficient (Wildman–Crippen LogP) is 1.95. The molecule has 5 heteroatoms. The van der Waals surface area contributed by atoms with Gasteiger partial charge in [-0.1, -0.05) is 0 Å². The van der Waals surface area contributed by atoms with Crippen LogP contribution in [0.5, 0.6) is 5.75 Å². The van der Waals surface area contributed by atoms with Crippen molar-refractivity contribution in [3.8, 4) is 5.75 Å². The first kappa shape index (κ1) is 16.2. The highest BCUT2D eigenvalue weighted by atomic mass is 16.5. The van der Waals surface area contributed by atoms with Gasteiger partial charge in [-0.15, -0.1) is 0 Å². The van der Waals surface area contributed by atoms with Crippen molar-refractivity contribution in [2.24, 2.45) is 5.73 Å². The summed E-state index contributed by atoms with van der Waals surface area (Å²) in [6.45, 7) is -0.109. The summed E-state index contributed by atoms with van der Waals surface area (Å²) in [6.07, 6.45) is 4.49. The molecule has 124 valence electrons. The maximum atomic E-state index is 11.1. The first-order chi connectivity index (χ1) is 11.1. The fourth-order valence-electron chi connectivity index (χ4n) is 3.62. The maximum Gasteiger partial charge on any atom is 0.119 e. The van der Waals surface area contributed by atoms with Crippen LogP contribution < -0.4 is 10.5 Å². The van der Waals surface area contributed by atoms with Crippen LogP contribution in [0, 0.1) is 0 Å². The van der Waals surface area contributed by atoms with E-state index >= 15 is 0 Å². The van der Waals surface area contributed by atoms with E-state index in [1.165, 1.54) is 0 Å². The van der Waals surface area contributed by atoms with E-state index in [1.54, 1.807) is 13.3 Å². The maximum absolute atomic E-state index is 11.1. The smallest absolute Gasteiger partial charge is 0.119 e. The minimum Gasteiger partial charge on any atom is -0.497 e. The molecule has 2 aromatic rings. The van der Waals surface area contributed by atoms with Gasteiger partial charge in [0.1, 0.15) is 5.75 Å². The van der Waals surface area contributed by atoms with Crippen molar-refractivity contribution >= 4 is 10.9 Å². The molecule has 1 heterocycles. The zero-order chi connectivity index (χ0) is 16.4. The molecule has 0 radical (unpaired) electrons. The first-order valence-electron chi connectivity index (χ1n) is 8.09. The van der Waals surface area contributed by atoms with E-state index in [4.69, 9.17) is 10.5 Å². The predicted molar refractivity (Wildman–Crippen MR) is 89.5 cm³/mol. The van der Waals surface area contributed by atoms with E-state index < -0.39 is 5.60 Å². The highest BCUT2D eigenvalue weighted by molar-refractivity contribution is 5.84. The number of hydrogen-bond acceptors (Lipinski definition) is 5. The largest absolute Gasteiger partial charge is 0.497 e. The number of aromatic nitrogens is 1. The summed E-state index contributed by atoms with van der Waals surface area (Å²) in [5, 5.41) is 22.0. The number of fused-ring (bicyclic) bond motifs is 1. The molecule has 4 N–H and O–H groups in total. The zero-order valence-electron chi connectivity index (χ0n) is 13.4. The van der Waals surface area contributed by atoms with Crippen LogP contribution in [-0.4, -0.2) is 40.6 Å². The van der Waals surface area contributed by atoms with Crippen molar-refractivity contribution < 1.29 is 14.9 Å². The van der Waals surface area contributed by atoms with Crippen LogP contribution in [0.15, 0.2) is 30.5 Å². The molecule has 23 heavy (non-hydrogen) atoms. The molecule has 0 amide bonds. The number of aliphatic hydroxyl groups excluding tert-OH is 1. The number of rotatable bonds is 4. The Morgan fingerprint density at radius 2 is 2.09 bits per heavy atom. The summed E-state index contributed by atoms with van der Waals surface area (Å²) in [5.41, 5.74) is 6.78. The van der Waals surface area contributed by atoms with Crippen molar-refractivity contribution in [3.63, 3.8) is 0 Å². The van der Waals surface area contributed by atoms with E-state index in [0.717, 1.165) is 35.1 Å². The normalized spacial score (nSPS) is 26.2. The third-order valence-corrected chi connectivity index (χ3v) is 5.09. The summed E-state index contributed by atoms with van der Waals surface area (Å²) in [5.74, 6) is 0.383. The van der Waals surface area contributed by atoms with E-state index in [9.17, 15) is 10.2 Å². The van der Waals surface area contributed by atoms with Crippen molar-refractivity contribution in [3.05, 3.63) is 36.0 Å². The molecule has 5 nitrogen and oxygen atoms in total. The lowest BCUT2D eigenvalue weighted by Crippen LogP contribution is -2.44. The summed E-state index contributed by atoms with van der Waals surface area (Å²) in [4.78, 5) is 4.38. The molecular formula is C18H24N2O3. The molecule has 0 aliphatic heterocycles. The van der Waals surface area contributed by atoms with Crippen LogP contribution >= 0.6 is 0 Å². The Hall–Kier alpha value is -1.69. The van der Waals surface area contributed by atoms with Crippen LogP contribution in [0.3, 0.4) is 0 Å². The number of pyridine rings is 1. The second kappa shape index (κ2) is 6.43. The van der Waals surface area contributed by atoms with E-state index in [1.807, 2.05) is 24.3 Å². The quantitative estimate of drug-likeness (QED) is 0.802. The summed E-state index contributed by atoms with van der Waals surface area (Å²) >= 11 is 0. The molecule has 3 rings (SSSR count). The SMILES string of the molecule is COc1ccc2nccc(C(CO)C3(O)CCC(N)CC3)c2c1. The highest BCUT2D eigenvalue weighted by Gasteiger charge is 2.40. The van der Waals surface area contributed by atoms with Crippen molar-refractivity contribution in [1.82, 2.24) is 4.98 Å². The highest BCUT2D eigenvalue weighted by Crippen LogP contribution is 2.41. The monoisotopic (exact) mass is 316 g/mol. The fourth-order valence-corrected chi connectivity index (χ4v) is 3.62. The van der Waals surface area contributed by atoms with Gasteiger partial charge >= 0.3 is 0 Å². The van der Waals surface area contributed by atoms with Crippen LogP contribution in [-0.2, 0) is 0 Å². The molecule has 0 bridgehead atoms. The van der Waals surface area contributed by atoms with Gasteiger partial charge in [0, 0.05) is 23.5 Å². The lowest BCUT2D eigenvalue weighted by Gasteiger charge is -2.40. The molecule has 1 aliphatic rings. The summed E-state index contributed by atoms with van der Waals surface area (Å²) in [6, 6.07) is 7.70. The second-order valence-electron chi connectivity index (χ2n) is 6.46. The number of nitrogens with two attached hydrogens (primary N) is 1. The summed E-state index contributed by atoms with van der Waals surface area (Å²) < 4.78 is 5.31. The van der Waals surface area contributed by atoms with E-state index in [2.05, 4.69) is 4.98 Å². The van der Waals surface area contributed by atoms with Crippen molar-refractivity contribution in [2.45, 2.75) is 43.2 Å². The fraction of sp³-hybridized carbons (Fsp3) is 0.500. The lowest BCUT2D eigenvalue weighted by molar-refractivity contribution is -0.0392. The molecule has 1 aromatic carbocycles. The van der Waals surface area contributed by atoms with Crippen molar-refractivity contribution in [1.29, 1.82) is 0 Å². The third-order valence-electron chi connectivity index (χ3n) is 5.09. The van der Waals surface area contributed by atoms with Crippen LogP contribution in [0.25, 0.3) is 10.9 Å². The molecule has 1 saturated carbocycles. The molecule has 0 spiro atoms. The Balaban J connectivity index is 2.05. The number of hydrogen-bond donors (Lipinski definition) is 3. The number of benzene rings is 1. The Labute approximate surface area is 136 Å². The van der Waals surface area contributed by atoms with Crippen LogP contribution in [0.2, 0.25) is 0 Å². The Kier molecular flexibility index (Phi) is 4.53. The van der Waals surface area contributed by atoms with Crippen LogP contribution in [0.1, 0.15) is 37.2 Å². The number of methoxy groups -OCH3 is 1. The molecule has 1 fully saturated rings. The van der Waals surface area contributed by atoms with Gasteiger partial charge in [0.25, 0.3) is 0 Å². The Morgan fingerprint density at radius 3 is 2.74 bits per heavy atom. The second-order valence-corrected chi connectivity index (χ2v) is 6.46. The van der Waals surface area contributed by atoms with Gasteiger partial charge in [0.2, 0.25) is 0 Å². The number of ether oxygens (including phenoxy) is 1. The minimum atomic E-state index is -0.929. The third kappa shape index (κ3) is 3.04. The van der Waals surface area contributed by atoms with Gasteiger partial charge in [-0.3, -0.25) is 4.98 Å². The van der Waals surface area contributed by atoms with Gasteiger partial charge < -0.3 is 20.7 Å². The van der Waals surface area contributed by atoms with Gasteiger partial charge in [-0.05, 0) is 55.5 Å². The molecule has 0 saturated heterocycles. The lowest BCUT2D eigenvalue weighted by atomic mass is 9.71. The topological polar surface area (TPSA) is 88.6 Å². The Bertz CT molecular complexity index is 681. The average Bonchev–Trinajstić information content (AvgIpc) is 2.58. The first-order valence-corrected chi connectivity index (χ1v) is 8.09. The molecule has 1 atom stereocenters. The van der Waals surface area contributed by atoms with Crippen molar-refractivity contribution in [2.75, 3.05) is 13.7 Å². The summed E-state index contributed by atoms with van der Waals surface area (Å²) in [7, 11) is 1.62. The molecule has 1 unspecified atom stereocenters. The standard InChI is InChI=1S/C18H24N2O3/c1-23-13-2-3-17-15(10-13)14(6-9-20-17)16(11-21)18(22)7-4-12(19)5-8-18/h2-3,6,9-10,12,16,21-22H,4-5,7-8,11,19H2,1H3. The zero-order valence-corrected chi connectivity index (χ0v) is 13.4. The average molecular weight is 316 g/mol. The van der Waals surface area contributed by atoms with Gasteiger partial charge in [0.15, 0.2) is 0 Å². The van der Waals surface area contributed by atoms with Crippen LogP contribution in [0.4, 0.5) is 0 Å². The number of nitrogens with zero attached hydrogens (tertiary/aromatic N) is 1. The Morgan fingerprint density at radius 1 is 1.35 bits per heavy atom. The molecule has 1 aliphatic carbocycles. The van der Waals surface area contributed by atoms with E-state index in [0.29, 0.717) is 12.8 Å². The number of aliphatic hydroxyl groups is 2. The van der Waals surface area contributed by atoms with E-state index in [-0.39, 0.29) is 18.6 Å². The van der Waals surface area contributed by atoms with Gasteiger partial charge in [0.05, 0.1) is 24.8 Å². The molecular weight excluding hydrogens is 292 g/mol. The van der Waals surface area contributed by atoms with Gasteiger partial charge in [-0.25, -0.2) is 0 Å². The molecule has 1 aromatic heterocycles. The van der Waals surface area contributed by atoms with Gasteiger partial charge in [-0.2, -0.15) is 0 Å².